The molecule has 4 bridgehead atoms. The number of likely N-dealkylation sites (tertiary alicyclic amines) is 1. The third-order valence-corrected chi connectivity index (χ3v) is 9.51. The van der Waals surface area contributed by atoms with Gasteiger partial charge in [0.1, 0.15) is 29.2 Å². The lowest BCUT2D eigenvalue weighted by molar-refractivity contribution is -0.274. The van der Waals surface area contributed by atoms with Crippen LogP contribution in [0.15, 0.2) is 30.5 Å². The Bertz CT molecular complexity index is 1370. The minimum absolute atomic E-state index is 0.0107. The molecular weight excluding hydrogens is 553 g/mol. The number of aromatic nitrogens is 2. The van der Waals surface area contributed by atoms with E-state index in [1.165, 1.54) is 24.4 Å². The number of aliphatic hydroxyl groups excluding tert-OH is 1. The summed E-state index contributed by atoms with van der Waals surface area (Å²) in [4.78, 5) is 22.6. The van der Waals surface area contributed by atoms with Gasteiger partial charge in [0, 0.05) is 37.7 Å². The maximum atomic E-state index is 12.8. The maximum Gasteiger partial charge on any atom is 0.573 e. The zero-order valence-corrected chi connectivity index (χ0v) is 22.8. The molecule has 10 nitrogen and oxygen atoms in total. The summed E-state index contributed by atoms with van der Waals surface area (Å²) in [6, 6.07) is 7.43. The van der Waals surface area contributed by atoms with Crippen molar-refractivity contribution >= 4 is 17.7 Å². The monoisotopic (exact) mass is 586 g/mol. The smallest absolute Gasteiger partial charge is 0.480 e. The van der Waals surface area contributed by atoms with Gasteiger partial charge in [0.2, 0.25) is 5.95 Å². The molecule has 224 valence electrons. The summed E-state index contributed by atoms with van der Waals surface area (Å²) >= 11 is 0. The summed E-state index contributed by atoms with van der Waals surface area (Å²) in [7, 11) is 0. The van der Waals surface area contributed by atoms with Gasteiger partial charge >= 0.3 is 12.3 Å². The quantitative estimate of drug-likeness (QED) is 0.341. The number of carboxylic acids is 1. The number of benzene rings is 1. The Morgan fingerprint density at radius 2 is 1.90 bits per heavy atom. The van der Waals surface area contributed by atoms with Crippen LogP contribution in [0.25, 0.3) is 0 Å². The summed E-state index contributed by atoms with van der Waals surface area (Å²) in [5, 5.41) is 36.1. The van der Waals surface area contributed by atoms with E-state index in [4.69, 9.17) is 0 Å². The zero-order chi connectivity index (χ0) is 29.6. The Kier molecular flexibility index (Phi) is 7.39. The van der Waals surface area contributed by atoms with Crippen molar-refractivity contribution in [1.29, 1.82) is 5.26 Å². The highest BCUT2D eigenvalue weighted by Gasteiger charge is 2.58. The first-order chi connectivity index (χ1) is 20.0. The molecule has 1 aliphatic heterocycles. The normalized spacial score (nSPS) is 32.0. The first-order valence-electron chi connectivity index (χ1n) is 14.3. The molecule has 4 N–H and O–H groups in total. The minimum Gasteiger partial charge on any atom is -0.480 e. The van der Waals surface area contributed by atoms with Crippen molar-refractivity contribution in [2.45, 2.75) is 69.6 Å². The number of hydrogen-bond acceptors (Lipinski definition) is 9. The van der Waals surface area contributed by atoms with E-state index < -0.39 is 24.5 Å². The van der Waals surface area contributed by atoms with E-state index in [1.807, 2.05) is 0 Å². The van der Waals surface area contributed by atoms with Gasteiger partial charge in [-0.15, -0.1) is 13.2 Å². The molecule has 13 heteroatoms. The summed E-state index contributed by atoms with van der Waals surface area (Å²) in [6.07, 6.45) is 1.27. The van der Waals surface area contributed by atoms with Crippen LogP contribution in [0.5, 0.6) is 5.75 Å². The van der Waals surface area contributed by atoms with E-state index in [2.05, 4.69) is 36.3 Å². The molecule has 2 aromatic rings. The predicted octanol–water partition coefficient (Wildman–Crippen LogP) is 3.99. The Balaban J connectivity index is 1.14. The van der Waals surface area contributed by atoms with Gasteiger partial charge in [-0.25, -0.2) is 4.98 Å². The molecule has 42 heavy (non-hydrogen) atoms. The van der Waals surface area contributed by atoms with Crippen LogP contribution < -0.4 is 15.4 Å². The lowest BCUT2D eigenvalue weighted by Gasteiger charge is -2.62. The van der Waals surface area contributed by atoms with Crippen molar-refractivity contribution in [3.05, 3.63) is 41.6 Å². The van der Waals surface area contributed by atoms with Crippen LogP contribution in [-0.4, -0.2) is 68.7 Å². The predicted molar refractivity (Wildman–Crippen MR) is 144 cm³/mol. The van der Waals surface area contributed by atoms with E-state index in [9.17, 15) is 33.4 Å². The molecule has 0 amide bonds. The number of anilines is 2. The fraction of sp³-hybridized carbons (Fsp3) is 0.586. The van der Waals surface area contributed by atoms with Crippen LogP contribution >= 0.6 is 0 Å². The zero-order valence-electron chi connectivity index (χ0n) is 22.8. The number of nitriles is 1. The number of nitrogens with one attached hydrogen (secondary N) is 2. The van der Waals surface area contributed by atoms with Gasteiger partial charge in [0.15, 0.2) is 0 Å². The number of hydrogen-bond donors (Lipinski definition) is 4. The van der Waals surface area contributed by atoms with Crippen LogP contribution in [-0.2, 0) is 11.3 Å². The van der Waals surface area contributed by atoms with E-state index in [-0.39, 0.29) is 47.2 Å². The molecule has 1 aromatic carbocycles. The number of rotatable bonds is 9. The lowest BCUT2D eigenvalue weighted by atomic mass is 9.47. The first kappa shape index (κ1) is 28.5. The molecule has 2 heterocycles. The van der Waals surface area contributed by atoms with Crippen molar-refractivity contribution < 1.29 is 32.9 Å². The SMILES string of the molecule is N#Cc1cnc(NCc2ccccc2OC(F)(F)F)nc1NC[C@]12CC3C[C@H](C1)C(N1C[C@H](O)C[C@@H]1C(=O)O)[C@@H](C3)C2. The van der Waals surface area contributed by atoms with E-state index in [0.717, 1.165) is 32.1 Å². The number of alkyl halides is 3. The Hall–Kier alpha value is -3.63. The third-order valence-electron chi connectivity index (χ3n) is 9.51. The van der Waals surface area contributed by atoms with Crippen LogP contribution in [0.2, 0.25) is 0 Å². The molecule has 0 spiro atoms. The number of para-hydroxylation sites is 1. The maximum absolute atomic E-state index is 12.8. The van der Waals surface area contributed by atoms with E-state index in [0.29, 0.717) is 36.7 Å². The number of nitrogens with zero attached hydrogens (tertiary/aromatic N) is 4. The van der Waals surface area contributed by atoms with Crippen LogP contribution in [0.1, 0.15) is 49.7 Å². The topological polar surface area (TPSA) is 144 Å². The summed E-state index contributed by atoms with van der Waals surface area (Å²) in [5.41, 5.74) is 0.527. The third kappa shape index (κ3) is 5.70. The highest BCUT2D eigenvalue weighted by atomic mass is 19.4. The van der Waals surface area contributed by atoms with Gasteiger partial charge in [-0.1, -0.05) is 18.2 Å². The van der Waals surface area contributed by atoms with Crippen molar-refractivity contribution in [2.24, 2.45) is 23.2 Å². The Morgan fingerprint density at radius 3 is 2.60 bits per heavy atom. The molecule has 7 rings (SSSR count). The fourth-order valence-corrected chi connectivity index (χ4v) is 8.34. The number of aliphatic carboxylic acids is 1. The number of aliphatic hydroxyl groups is 1. The number of β-amino-alcohol motifs (C(OH)–C–C–N with tert-alkyl or cyclic N) is 1. The molecule has 1 aromatic heterocycles. The van der Waals surface area contributed by atoms with Crippen molar-refractivity contribution in [3.63, 3.8) is 0 Å². The standard InChI is InChI=1S/C29H33F3N6O4/c30-29(31,32)42-23-4-2-1-3-17(23)12-34-27-35-13-20(11-33)25(37-27)36-15-28-8-16-5-18(9-28)24(19(6-16)10-28)38-14-21(39)7-22(38)26(40)41/h1-4,13,16,18-19,21-22,24,39H,5-10,12,14-15H2,(H,40,41)(H2,34,35,36,37)/t16?,18-,19+,21-,22-,24?,28-/m1/s1. The molecule has 4 saturated carbocycles. The van der Waals surface area contributed by atoms with Gasteiger partial charge in [-0.05, 0) is 61.3 Å². The van der Waals surface area contributed by atoms with Gasteiger partial charge in [-0.3, -0.25) is 9.69 Å². The first-order valence-corrected chi connectivity index (χ1v) is 14.3. The number of ether oxygens (including phenoxy) is 1. The summed E-state index contributed by atoms with van der Waals surface area (Å²) < 4.78 is 42.5. The lowest BCUT2D eigenvalue weighted by Crippen LogP contribution is -2.62. The molecular formula is C29H33F3N6O4. The molecule has 5 aliphatic rings. The van der Waals surface area contributed by atoms with Crippen LogP contribution in [0.4, 0.5) is 24.9 Å². The number of carbonyl (C=O) groups is 1. The summed E-state index contributed by atoms with van der Waals surface area (Å²) in [6.45, 7) is 0.984. The van der Waals surface area contributed by atoms with Crippen molar-refractivity contribution in [1.82, 2.24) is 14.9 Å². The van der Waals surface area contributed by atoms with E-state index >= 15 is 0 Å². The largest absolute Gasteiger partial charge is 0.573 e. The average molecular weight is 587 g/mol. The second kappa shape index (κ2) is 10.9. The number of halogens is 3. The molecule has 0 radical (unpaired) electrons. The molecule has 1 saturated heterocycles. The Morgan fingerprint density at radius 1 is 1.17 bits per heavy atom. The second-order valence-electron chi connectivity index (χ2n) is 12.3. The van der Waals surface area contributed by atoms with Crippen molar-refractivity contribution in [3.8, 4) is 11.8 Å². The van der Waals surface area contributed by atoms with Crippen LogP contribution in [0.3, 0.4) is 0 Å². The second-order valence-corrected chi connectivity index (χ2v) is 12.3. The summed E-state index contributed by atoms with van der Waals surface area (Å²) in [5.74, 6) is 0.595. The van der Waals surface area contributed by atoms with Gasteiger partial charge in [-0.2, -0.15) is 10.2 Å². The molecule has 7 atom stereocenters. The van der Waals surface area contributed by atoms with Crippen LogP contribution in [0, 0.1) is 34.5 Å². The molecule has 5 fully saturated rings. The number of carboxylic acid groups (broad SMARTS) is 1. The highest BCUT2D eigenvalue weighted by Crippen LogP contribution is 2.61. The van der Waals surface area contributed by atoms with Crippen molar-refractivity contribution in [2.75, 3.05) is 23.7 Å². The molecule has 4 aliphatic carbocycles. The molecule has 2 unspecified atom stereocenters. The van der Waals surface area contributed by atoms with Gasteiger partial charge in [0.25, 0.3) is 0 Å². The van der Waals surface area contributed by atoms with Gasteiger partial charge < -0.3 is 25.6 Å². The van der Waals surface area contributed by atoms with Gasteiger partial charge in [0.05, 0.1) is 12.3 Å². The van der Waals surface area contributed by atoms with E-state index in [1.54, 1.807) is 6.07 Å². The fourth-order valence-electron chi connectivity index (χ4n) is 8.34. The average Bonchev–Trinajstić information content (AvgIpc) is 3.31. The minimum atomic E-state index is -4.82. The Labute approximate surface area is 240 Å². The highest BCUT2D eigenvalue weighted by molar-refractivity contribution is 5.74.